The highest BCUT2D eigenvalue weighted by Crippen LogP contribution is 2.16. The van der Waals surface area contributed by atoms with E-state index < -0.39 is 0 Å². The van der Waals surface area contributed by atoms with Gasteiger partial charge in [0.15, 0.2) is 0 Å². The Kier molecular flexibility index (Phi) is 7.57. The lowest BCUT2D eigenvalue weighted by molar-refractivity contribution is 0.167. The second-order valence-electron chi connectivity index (χ2n) is 5.19. The van der Waals surface area contributed by atoms with Gasteiger partial charge in [-0.25, -0.2) is 0 Å². The van der Waals surface area contributed by atoms with Gasteiger partial charge in [-0.05, 0) is 50.4 Å². The van der Waals surface area contributed by atoms with Crippen molar-refractivity contribution in [3.8, 4) is 5.75 Å². The van der Waals surface area contributed by atoms with E-state index in [0.29, 0.717) is 6.04 Å². The number of rotatable bonds is 9. The largest absolute Gasteiger partial charge is 0.489 e. The van der Waals surface area contributed by atoms with Crippen LogP contribution in [0, 0.1) is 0 Å². The second-order valence-corrected chi connectivity index (χ2v) is 5.19. The summed E-state index contributed by atoms with van der Waals surface area (Å²) in [6, 6.07) is 8.95. The maximum atomic E-state index is 6.04. The predicted octanol–water partition coefficient (Wildman–Crippen LogP) is 4.18. The molecule has 1 aromatic carbocycles. The number of aryl methyl sites for hydroxylation is 1. The van der Waals surface area contributed by atoms with E-state index in [1.165, 1.54) is 12.0 Å². The average molecular weight is 263 g/mol. The molecule has 2 unspecified atom stereocenters. The molecule has 1 N–H and O–H groups in total. The topological polar surface area (TPSA) is 21.3 Å². The van der Waals surface area contributed by atoms with Crippen LogP contribution in [-0.4, -0.2) is 18.7 Å². The first-order valence-corrected chi connectivity index (χ1v) is 7.70. The Morgan fingerprint density at radius 2 is 1.74 bits per heavy atom. The van der Waals surface area contributed by atoms with E-state index in [4.69, 9.17) is 4.74 Å². The molecular weight excluding hydrogens is 234 g/mol. The van der Waals surface area contributed by atoms with Gasteiger partial charge < -0.3 is 10.1 Å². The minimum atomic E-state index is 0.202. The smallest absolute Gasteiger partial charge is 0.119 e. The van der Waals surface area contributed by atoms with Crippen molar-refractivity contribution in [1.82, 2.24) is 5.32 Å². The van der Waals surface area contributed by atoms with Gasteiger partial charge in [0.2, 0.25) is 0 Å². The van der Waals surface area contributed by atoms with Gasteiger partial charge in [-0.2, -0.15) is 0 Å². The Bertz CT molecular complexity index is 334. The average Bonchev–Trinajstić information content (AvgIpc) is 2.42. The van der Waals surface area contributed by atoms with Crippen molar-refractivity contribution in [3.05, 3.63) is 29.8 Å². The van der Waals surface area contributed by atoms with Crippen molar-refractivity contribution >= 4 is 0 Å². The lowest BCUT2D eigenvalue weighted by Crippen LogP contribution is -2.41. The zero-order valence-corrected chi connectivity index (χ0v) is 12.9. The monoisotopic (exact) mass is 263 g/mol. The van der Waals surface area contributed by atoms with Crippen LogP contribution in [0.3, 0.4) is 0 Å². The Hall–Kier alpha value is -1.02. The van der Waals surface area contributed by atoms with Crippen LogP contribution in [0.25, 0.3) is 0 Å². The van der Waals surface area contributed by atoms with Gasteiger partial charge >= 0.3 is 0 Å². The van der Waals surface area contributed by atoms with Crippen LogP contribution < -0.4 is 10.1 Å². The summed E-state index contributed by atoms with van der Waals surface area (Å²) < 4.78 is 6.04. The molecule has 0 saturated carbocycles. The molecule has 2 heteroatoms. The Morgan fingerprint density at radius 1 is 1.05 bits per heavy atom. The number of nitrogens with one attached hydrogen (secondary N) is 1. The number of benzene rings is 1. The highest BCUT2D eigenvalue weighted by atomic mass is 16.5. The molecule has 0 aromatic heterocycles. The zero-order valence-electron chi connectivity index (χ0n) is 12.9. The second kappa shape index (κ2) is 8.98. The van der Waals surface area contributed by atoms with Crippen molar-refractivity contribution in [1.29, 1.82) is 0 Å². The lowest BCUT2D eigenvalue weighted by Gasteiger charge is -2.25. The first-order valence-electron chi connectivity index (χ1n) is 7.70. The third-order valence-electron chi connectivity index (χ3n) is 3.45. The van der Waals surface area contributed by atoms with Gasteiger partial charge in [0, 0.05) is 6.04 Å². The van der Waals surface area contributed by atoms with Gasteiger partial charge in [0.1, 0.15) is 11.9 Å². The van der Waals surface area contributed by atoms with Crippen LogP contribution in [0.5, 0.6) is 5.75 Å². The number of hydrogen-bond acceptors (Lipinski definition) is 2. The SMILES string of the molecule is CCCNC(CC)C(C)Oc1ccc(CCC)cc1. The molecule has 0 radical (unpaired) electrons. The van der Waals surface area contributed by atoms with E-state index in [1.807, 2.05) is 0 Å². The molecule has 0 heterocycles. The third kappa shape index (κ3) is 5.65. The van der Waals surface area contributed by atoms with Gasteiger partial charge in [0.05, 0.1) is 0 Å². The molecule has 0 aliphatic carbocycles. The zero-order chi connectivity index (χ0) is 14.1. The van der Waals surface area contributed by atoms with Gasteiger partial charge in [-0.1, -0.05) is 39.3 Å². The fourth-order valence-electron chi connectivity index (χ4n) is 2.29. The Morgan fingerprint density at radius 3 is 2.26 bits per heavy atom. The molecule has 0 amide bonds. The third-order valence-corrected chi connectivity index (χ3v) is 3.45. The van der Waals surface area contributed by atoms with Crippen molar-refractivity contribution in [2.24, 2.45) is 0 Å². The van der Waals surface area contributed by atoms with Crippen molar-refractivity contribution < 1.29 is 4.74 Å². The molecular formula is C17H29NO. The Labute approximate surface area is 118 Å². The summed E-state index contributed by atoms with van der Waals surface area (Å²) in [6.45, 7) is 9.81. The van der Waals surface area contributed by atoms with E-state index >= 15 is 0 Å². The molecule has 0 aliphatic heterocycles. The van der Waals surface area contributed by atoms with Crippen LogP contribution in [0.1, 0.15) is 52.5 Å². The molecule has 1 aromatic rings. The summed E-state index contributed by atoms with van der Waals surface area (Å²) in [6.07, 6.45) is 4.79. The molecule has 0 fully saturated rings. The number of ether oxygens (including phenoxy) is 1. The van der Waals surface area contributed by atoms with Crippen molar-refractivity contribution in [3.63, 3.8) is 0 Å². The normalized spacial score (nSPS) is 14.1. The summed E-state index contributed by atoms with van der Waals surface area (Å²) in [5.41, 5.74) is 1.39. The molecule has 108 valence electrons. The van der Waals surface area contributed by atoms with E-state index in [1.54, 1.807) is 0 Å². The summed E-state index contributed by atoms with van der Waals surface area (Å²) in [5, 5.41) is 3.55. The van der Waals surface area contributed by atoms with Crippen molar-refractivity contribution in [2.45, 2.75) is 65.5 Å². The molecule has 2 atom stereocenters. The van der Waals surface area contributed by atoms with E-state index in [-0.39, 0.29) is 6.10 Å². The first-order chi connectivity index (χ1) is 9.21. The fraction of sp³-hybridized carbons (Fsp3) is 0.647. The lowest BCUT2D eigenvalue weighted by atomic mass is 10.1. The highest BCUT2D eigenvalue weighted by Gasteiger charge is 2.15. The van der Waals surface area contributed by atoms with Crippen LogP contribution in [0.15, 0.2) is 24.3 Å². The summed E-state index contributed by atoms with van der Waals surface area (Å²) in [7, 11) is 0. The molecule has 0 aliphatic rings. The van der Waals surface area contributed by atoms with Gasteiger partial charge in [0.25, 0.3) is 0 Å². The van der Waals surface area contributed by atoms with Gasteiger partial charge in [-0.3, -0.25) is 0 Å². The molecule has 0 saturated heterocycles. The van der Waals surface area contributed by atoms with Crippen LogP contribution in [-0.2, 0) is 6.42 Å². The Balaban J connectivity index is 2.51. The summed E-state index contributed by atoms with van der Waals surface area (Å²) in [5.74, 6) is 0.976. The molecule has 2 nitrogen and oxygen atoms in total. The van der Waals surface area contributed by atoms with Crippen LogP contribution >= 0.6 is 0 Å². The molecule has 0 spiro atoms. The van der Waals surface area contributed by atoms with Crippen LogP contribution in [0.4, 0.5) is 0 Å². The number of hydrogen-bond donors (Lipinski definition) is 1. The highest BCUT2D eigenvalue weighted by molar-refractivity contribution is 5.27. The van der Waals surface area contributed by atoms with E-state index in [2.05, 4.69) is 57.3 Å². The maximum Gasteiger partial charge on any atom is 0.119 e. The minimum absolute atomic E-state index is 0.202. The first kappa shape index (κ1) is 16.0. The maximum absolute atomic E-state index is 6.04. The summed E-state index contributed by atoms with van der Waals surface area (Å²) >= 11 is 0. The predicted molar refractivity (Wildman–Crippen MR) is 82.9 cm³/mol. The van der Waals surface area contributed by atoms with Crippen molar-refractivity contribution in [2.75, 3.05) is 6.54 Å². The fourth-order valence-corrected chi connectivity index (χ4v) is 2.29. The van der Waals surface area contributed by atoms with E-state index in [0.717, 1.165) is 31.6 Å². The van der Waals surface area contributed by atoms with Crippen LogP contribution in [0.2, 0.25) is 0 Å². The van der Waals surface area contributed by atoms with Gasteiger partial charge in [-0.15, -0.1) is 0 Å². The standard InChI is InChI=1S/C17H29NO/c1-5-8-15-9-11-16(12-10-15)19-14(4)17(7-3)18-13-6-2/h9-12,14,17-18H,5-8,13H2,1-4H3. The quantitative estimate of drug-likeness (QED) is 0.721. The minimum Gasteiger partial charge on any atom is -0.489 e. The summed E-state index contributed by atoms with van der Waals surface area (Å²) in [4.78, 5) is 0. The van der Waals surface area contributed by atoms with E-state index in [9.17, 15) is 0 Å². The molecule has 0 bridgehead atoms. The molecule has 19 heavy (non-hydrogen) atoms. The molecule has 1 rings (SSSR count).